The number of halogens is 1. The van der Waals surface area contributed by atoms with Crippen molar-refractivity contribution in [1.29, 1.82) is 0 Å². The second-order valence-electron chi connectivity index (χ2n) is 5.57. The Kier molecular flexibility index (Phi) is 7.95. The van der Waals surface area contributed by atoms with Gasteiger partial charge in [0.15, 0.2) is 5.78 Å². The molecule has 0 spiro atoms. The van der Waals surface area contributed by atoms with Crippen LogP contribution in [0.1, 0.15) is 34.6 Å². The maximum Gasteiger partial charge on any atom is 0.354 e. The van der Waals surface area contributed by atoms with Gasteiger partial charge in [-0.1, -0.05) is 15.9 Å². The molecule has 0 unspecified atom stereocenters. The molecule has 7 heteroatoms. The maximum atomic E-state index is 12.5. The van der Waals surface area contributed by atoms with Crippen LogP contribution in [0.5, 0.6) is 0 Å². The number of rotatable bonds is 8. The number of carbonyl (C=O) groups excluding carboxylic acids is 3. The van der Waals surface area contributed by atoms with E-state index >= 15 is 0 Å². The lowest BCUT2D eigenvalue weighted by atomic mass is 10.1. The minimum Gasteiger partial charge on any atom is -0.462 e. The van der Waals surface area contributed by atoms with E-state index in [1.54, 1.807) is 62.4 Å². The van der Waals surface area contributed by atoms with Gasteiger partial charge in [0, 0.05) is 21.8 Å². The third-order valence-electron chi connectivity index (χ3n) is 3.57. The molecule has 2 rings (SSSR count). The van der Waals surface area contributed by atoms with Gasteiger partial charge >= 0.3 is 11.9 Å². The standard InChI is InChI=1S/C21H20BrNO5/c1-3-27-20(25)15-7-11-17(12-8-15)23-18(21(26)28-4-2)13-19(24)14-5-9-16(22)10-6-14/h5-13,23H,3-4H2,1-2H3/b18-13-. The summed E-state index contributed by atoms with van der Waals surface area (Å²) in [4.78, 5) is 36.4. The molecule has 0 atom stereocenters. The quantitative estimate of drug-likeness (QED) is 0.369. The Morgan fingerprint density at radius 3 is 2.04 bits per heavy atom. The lowest BCUT2D eigenvalue weighted by Crippen LogP contribution is -2.16. The first-order valence-electron chi connectivity index (χ1n) is 8.67. The number of hydrogen-bond donors (Lipinski definition) is 1. The summed E-state index contributed by atoms with van der Waals surface area (Å²) >= 11 is 3.31. The van der Waals surface area contributed by atoms with E-state index < -0.39 is 11.9 Å². The average molecular weight is 446 g/mol. The van der Waals surface area contributed by atoms with E-state index in [1.165, 1.54) is 6.08 Å². The SMILES string of the molecule is CCOC(=O)/C(=C/C(=O)c1ccc(Br)cc1)Nc1ccc(C(=O)OCC)cc1. The first kappa shape index (κ1) is 21.4. The Bertz CT molecular complexity index is 873. The van der Waals surface area contributed by atoms with Crippen molar-refractivity contribution in [2.45, 2.75) is 13.8 Å². The van der Waals surface area contributed by atoms with Crippen LogP contribution in [0, 0.1) is 0 Å². The van der Waals surface area contributed by atoms with Crippen LogP contribution < -0.4 is 5.32 Å². The van der Waals surface area contributed by atoms with Crippen molar-refractivity contribution in [3.63, 3.8) is 0 Å². The van der Waals surface area contributed by atoms with Crippen molar-refractivity contribution in [2.24, 2.45) is 0 Å². The van der Waals surface area contributed by atoms with Gasteiger partial charge in [0.1, 0.15) is 5.70 Å². The molecule has 0 radical (unpaired) electrons. The zero-order valence-electron chi connectivity index (χ0n) is 15.5. The highest BCUT2D eigenvalue weighted by atomic mass is 79.9. The van der Waals surface area contributed by atoms with E-state index in [2.05, 4.69) is 21.2 Å². The van der Waals surface area contributed by atoms with Crippen molar-refractivity contribution in [3.05, 3.63) is 75.9 Å². The first-order chi connectivity index (χ1) is 13.4. The number of esters is 2. The first-order valence-corrected chi connectivity index (χ1v) is 9.46. The summed E-state index contributed by atoms with van der Waals surface area (Å²) in [7, 11) is 0. The maximum absolute atomic E-state index is 12.5. The Hall–Kier alpha value is -2.93. The predicted molar refractivity (Wildman–Crippen MR) is 109 cm³/mol. The fraction of sp³-hybridized carbons (Fsp3) is 0.190. The van der Waals surface area contributed by atoms with Crippen LogP contribution in [0.15, 0.2) is 64.8 Å². The van der Waals surface area contributed by atoms with Gasteiger partial charge in [-0.25, -0.2) is 9.59 Å². The van der Waals surface area contributed by atoms with E-state index in [0.29, 0.717) is 16.8 Å². The topological polar surface area (TPSA) is 81.7 Å². The van der Waals surface area contributed by atoms with Crippen molar-refractivity contribution in [2.75, 3.05) is 18.5 Å². The number of nitrogens with one attached hydrogen (secondary N) is 1. The molecule has 0 amide bonds. The number of benzene rings is 2. The lowest BCUT2D eigenvalue weighted by Gasteiger charge is -2.11. The highest BCUT2D eigenvalue weighted by Crippen LogP contribution is 2.16. The largest absolute Gasteiger partial charge is 0.462 e. The molecular weight excluding hydrogens is 426 g/mol. The molecule has 6 nitrogen and oxygen atoms in total. The third kappa shape index (κ3) is 6.06. The van der Waals surface area contributed by atoms with Crippen LogP contribution in [0.2, 0.25) is 0 Å². The van der Waals surface area contributed by atoms with E-state index in [1.807, 2.05) is 0 Å². The van der Waals surface area contributed by atoms with Crippen LogP contribution in [0.4, 0.5) is 5.69 Å². The lowest BCUT2D eigenvalue weighted by molar-refractivity contribution is -0.138. The van der Waals surface area contributed by atoms with Gasteiger partial charge in [-0.15, -0.1) is 0 Å². The van der Waals surface area contributed by atoms with Crippen LogP contribution in [0.3, 0.4) is 0 Å². The molecule has 0 aliphatic carbocycles. The number of hydrogen-bond acceptors (Lipinski definition) is 6. The van der Waals surface area contributed by atoms with Gasteiger partial charge in [-0.2, -0.15) is 0 Å². The molecule has 0 bridgehead atoms. The fourth-order valence-electron chi connectivity index (χ4n) is 2.24. The van der Waals surface area contributed by atoms with Gasteiger partial charge in [0.25, 0.3) is 0 Å². The summed E-state index contributed by atoms with van der Waals surface area (Å²) in [5.74, 6) is -1.42. The van der Waals surface area contributed by atoms with Crippen molar-refractivity contribution in [3.8, 4) is 0 Å². The second kappa shape index (κ2) is 10.4. The smallest absolute Gasteiger partial charge is 0.354 e. The van der Waals surface area contributed by atoms with E-state index in [9.17, 15) is 14.4 Å². The molecule has 2 aromatic rings. The molecule has 0 aromatic heterocycles. The summed E-state index contributed by atoms with van der Waals surface area (Å²) < 4.78 is 10.8. The van der Waals surface area contributed by atoms with Crippen LogP contribution >= 0.6 is 15.9 Å². The van der Waals surface area contributed by atoms with Gasteiger partial charge in [0.2, 0.25) is 0 Å². The van der Waals surface area contributed by atoms with Crippen LogP contribution in [-0.4, -0.2) is 30.9 Å². The number of ketones is 1. The molecule has 0 heterocycles. The van der Waals surface area contributed by atoms with Crippen molar-refractivity contribution in [1.82, 2.24) is 0 Å². The molecule has 146 valence electrons. The highest BCUT2D eigenvalue weighted by Gasteiger charge is 2.15. The molecule has 0 aliphatic heterocycles. The number of allylic oxidation sites excluding steroid dienone is 1. The number of carbonyl (C=O) groups is 3. The Labute approximate surface area is 171 Å². The van der Waals surface area contributed by atoms with Gasteiger partial charge < -0.3 is 14.8 Å². The van der Waals surface area contributed by atoms with E-state index in [4.69, 9.17) is 9.47 Å². The van der Waals surface area contributed by atoms with E-state index in [-0.39, 0.29) is 24.7 Å². The molecular formula is C21H20BrNO5. The summed E-state index contributed by atoms with van der Waals surface area (Å²) in [5, 5.41) is 2.88. The Morgan fingerprint density at radius 1 is 0.893 bits per heavy atom. The average Bonchev–Trinajstić information content (AvgIpc) is 2.68. The van der Waals surface area contributed by atoms with Gasteiger partial charge in [-0.3, -0.25) is 4.79 Å². The molecule has 0 fully saturated rings. The normalized spacial score (nSPS) is 10.9. The molecule has 1 N–H and O–H groups in total. The predicted octanol–water partition coefficient (Wildman–Crippen LogP) is 4.37. The van der Waals surface area contributed by atoms with E-state index in [0.717, 1.165) is 4.47 Å². The second-order valence-corrected chi connectivity index (χ2v) is 6.49. The minimum absolute atomic E-state index is 0.00125. The molecule has 0 aliphatic rings. The molecule has 28 heavy (non-hydrogen) atoms. The van der Waals surface area contributed by atoms with Crippen molar-refractivity contribution < 1.29 is 23.9 Å². The zero-order valence-corrected chi connectivity index (χ0v) is 17.1. The Balaban J connectivity index is 2.23. The van der Waals surface area contributed by atoms with Crippen LogP contribution in [0.25, 0.3) is 0 Å². The fourth-order valence-corrected chi connectivity index (χ4v) is 2.51. The summed E-state index contributed by atoms with van der Waals surface area (Å²) in [6.07, 6.45) is 1.19. The zero-order chi connectivity index (χ0) is 20.5. The summed E-state index contributed by atoms with van der Waals surface area (Å²) in [6, 6.07) is 13.2. The Morgan fingerprint density at radius 2 is 1.46 bits per heavy atom. The molecule has 0 saturated carbocycles. The molecule has 0 saturated heterocycles. The number of ether oxygens (including phenoxy) is 2. The molecule has 2 aromatic carbocycles. The van der Waals surface area contributed by atoms with Gasteiger partial charge in [-0.05, 0) is 62.4 Å². The van der Waals surface area contributed by atoms with Crippen LogP contribution in [-0.2, 0) is 14.3 Å². The summed E-state index contributed by atoms with van der Waals surface area (Å²) in [6.45, 7) is 3.87. The number of anilines is 1. The minimum atomic E-state index is -0.651. The third-order valence-corrected chi connectivity index (χ3v) is 4.10. The van der Waals surface area contributed by atoms with Gasteiger partial charge in [0.05, 0.1) is 18.8 Å². The summed E-state index contributed by atoms with van der Waals surface area (Å²) in [5.41, 5.74) is 1.35. The monoisotopic (exact) mass is 445 g/mol. The van der Waals surface area contributed by atoms with Crippen molar-refractivity contribution >= 4 is 39.3 Å². The highest BCUT2D eigenvalue weighted by molar-refractivity contribution is 9.10.